The van der Waals surface area contributed by atoms with Gasteiger partial charge in [-0.1, -0.05) is 6.08 Å². The summed E-state index contributed by atoms with van der Waals surface area (Å²) in [5.74, 6) is -2.25. The molecule has 2 rings (SSSR count). The Labute approximate surface area is 128 Å². The molecule has 0 unspecified atom stereocenters. The lowest BCUT2D eigenvalue weighted by Gasteiger charge is -2.21. The van der Waals surface area contributed by atoms with E-state index in [1.807, 2.05) is 10.3 Å². The number of nitrogens with zero attached hydrogens (tertiary/aromatic N) is 2. The highest BCUT2D eigenvalue weighted by molar-refractivity contribution is 6.28. The van der Waals surface area contributed by atoms with Crippen molar-refractivity contribution >= 4 is 23.9 Å². The Morgan fingerprint density at radius 1 is 1.09 bits per heavy atom. The number of aromatic hydroxyl groups is 1. The molecule has 1 aromatic heterocycles. The van der Waals surface area contributed by atoms with E-state index in [4.69, 9.17) is 0 Å². The number of barbiturate groups is 1. The molecule has 0 saturated carbocycles. The molecule has 1 aliphatic heterocycles. The molecule has 0 radical (unpaired) electrons. The number of nitrogens with one attached hydrogen (secondary N) is 2. The molecule has 0 atom stereocenters. The van der Waals surface area contributed by atoms with Crippen LogP contribution in [0.25, 0.3) is 6.08 Å². The standard InChI is InChI=1S/C13H12N4O6/c1-16-10(20)6(8(18)14-12(16)22)4-3-5-7-9(19)15-13(23)17(2)11(7)21/h3-5,20H,1-2H3,(H,14,18,22)(H,15,19,23). The Bertz CT molecular complexity index is 889. The maximum atomic E-state index is 11.8. The zero-order valence-electron chi connectivity index (χ0n) is 12.1. The van der Waals surface area contributed by atoms with E-state index < -0.39 is 35.0 Å². The molecular formula is C13H12N4O6. The van der Waals surface area contributed by atoms with Crippen molar-refractivity contribution in [3.63, 3.8) is 0 Å². The molecule has 10 nitrogen and oxygen atoms in total. The summed E-state index contributed by atoms with van der Waals surface area (Å²) in [6.45, 7) is 0. The van der Waals surface area contributed by atoms with Gasteiger partial charge in [-0.15, -0.1) is 0 Å². The highest BCUT2D eigenvalue weighted by Gasteiger charge is 2.32. The molecule has 0 bridgehead atoms. The van der Waals surface area contributed by atoms with Crippen LogP contribution in [-0.2, 0) is 16.6 Å². The Morgan fingerprint density at radius 2 is 1.74 bits per heavy atom. The number of hydrogen-bond donors (Lipinski definition) is 3. The zero-order valence-corrected chi connectivity index (χ0v) is 12.1. The molecule has 0 aromatic carbocycles. The number of imide groups is 2. The predicted molar refractivity (Wildman–Crippen MR) is 77.4 cm³/mol. The largest absolute Gasteiger partial charge is 0.494 e. The van der Waals surface area contributed by atoms with E-state index in [1.165, 1.54) is 20.2 Å². The molecule has 23 heavy (non-hydrogen) atoms. The fourth-order valence-electron chi connectivity index (χ4n) is 1.78. The summed E-state index contributed by atoms with van der Waals surface area (Å²) in [5, 5.41) is 11.7. The van der Waals surface area contributed by atoms with Gasteiger partial charge in [0.05, 0.1) is 0 Å². The molecule has 120 valence electrons. The summed E-state index contributed by atoms with van der Waals surface area (Å²) < 4.78 is 0.819. The summed E-state index contributed by atoms with van der Waals surface area (Å²) in [6, 6.07) is -0.840. The molecule has 1 saturated heterocycles. The van der Waals surface area contributed by atoms with Gasteiger partial charge in [0.25, 0.3) is 17.4 Å². The van der Waals surface area contributed by atoms with E-state index in [0.717, 1.165) is 21.6 Å². The third kappa shape index (κ3) is 2.81. The fourth-order valence-corrected chi connectivity index (χ4v) is 1.78. The minimum Gasteiger partial charge on any atom is -0.494 e. The van der Waals surface area contributed by atoms with Crippen LogP contribution in [-0.4, -0.2) is 44.5 Å². The van der Waals surface area contributed by atoms with Gasteiger partial charge >= 0.3 is 11.7 Å². The second kappa shape index (κ2) is 5.75. The Hall–Kier alpha value is -3.43. The first-order valence-electron chi connectivity index (χ1n) is 6.28. The number of hydrogen-bond acceptors (Lipinski definition) is 6. The highest BCUT2D eigenvalue weighted by atomic mass is 16.3. The van der Waals surface area contributed by atoms with E-state index in [9.17, 15) is 29.1 Å². The number of amides is 4. The second-order valence-electron chi connectivity index (χ2n) is 4.62. The topological polar surface area (TPSA) is 142 Å². The Balaban J connectivity index is 2.39. The van der Waals surface area contributed by atoms with Crippen LogP contribution in [0.5, 0.6) is 5.88 Å². The van der Waals surface area contributed by atoms with Gasteiger partial charge in [0.2, 0.25) is 5.88 Å². The van der Waals surface area contributed by atoms with Crippen molar-refractivity contribution in [2.75, 3.05) is 7.05 Å². The van der Waals surface area contributed by atoms with Crippen LogP contribution in [0.15, 0.2) is 27.3 Å². The number of likely N-dealkylation sites (N-methyl/N-ethyl adjacent to an activating group) is 1. The van der Waals surface area contributed by atoms with Crippen molar-refractivity contribution in [3.8, 4) is 5.88 Å². The van der Waals surface area contributed by atoms with Gasteiger partial charge in [-0.3, -0.25) is 34.2 Å². The summed E-state index contributed by atoms with van der Waals surface area (Å²) >= 11 is 0. The van der Waals surface area contributed by atoms with Crippen molar-refractivity contribution in [2.24, 2.45) is 7.05 Å². The monoisotopic (exact) mass is 320 g/mol. The molecule has 1 fully saturated rings. The molecule has 1 aliphatic rings. The van der Waals surface area contributed by atoms with Crippen molar-refractivity contribution in [1.82, 2.24) is 19.8 Å². The number of urea groups is 1. The second-order valence-corrected chi connectivity index (χ2v) is 4.62. The number of aromatic amines is 1. The van der Waals surface area contributed by atoms with Crippen molar-refractivity contribution in [1.29, 1.82) is 0 Å². The third-order valence-electron chi connectivity index (χ3n) is 3.16. The average Bonchev–Trinajstić information content (AvgIpc) is 2.49. The molecule has 4 amide bonds. The molecular weight excluding hydrogens is 308 g/mol. The van der Waals surface area contributed by atoms with Gasteiger partial charge in [0, 0.05) is 14.1 Å². The van der Waals surface area contributed by atoms with Gasteiger partial charge < -0.3 is 5.11 Å². The van der Waals surface area contributed by atoms with Gasteiger partial charge in [-0.2, -0.15) is 0 Å². The minimum atomic E-state index is -0.874. The first-order chi connectivity index (χ1) is 10.7. The first kappa shape index (κ1) is 15.9. The van der Waals surface area contributed by atoms with E-state index in [-0.39, 0.29) is 11.1 Å². The normalized spacial score (nSPS) is 17.2. The van der Waals surface area contributed by atoms with E-state index in [1.54, 1.807) is 0 Å². The number of carbonyl (C=O) groups excluding carboxylic acids is 3. The number of H-pyrrole nitrogens is 1. The summed E-state index contributed by atoms with van der Waals surface area (Å²) in [4.78, 5) is 60.2. The Morgan fingerprint density at radius 3 is 2.39 bits per heavy atom. The molecule has 2 heterocycles. The van der Waals surface area contributed by atoms with Gasteiger partial charge in [0.1, 0.15) is 11.1 Å². The van der Waals surface area contributed by atoms with E-state index in [2.05, 4.69) is 0 Å². The molecule has 1 aromatic rings. The van der Waals surface area contributed by atoms with Crippen LogP contribution >= 0.6 is 0 Å². The molecule has 3 N–H and O–H groups in total. The van der Waals surface area contributed by atoms with Gasteiger partial charge in [-0.05, 0) is 12.2 Å². The van der Waals surface area contributed by atoms with Gasteiger partial charge in [-0.25, -0.2) is 9.59 Å². The third-order valence-corrected chi connectivity index (χ3v) is 3.16. The smallest absolute Gasteiger partial charge is 0.331 e. The quantitative estimate of drug-likeness (QED) is 0.444. The maximum absolute atomic E-state index is 11.8. The Kier molecular flexibility index (Phi) is 3.99. The van der Waals surface area contributed by atoms with E-state index in [0.29, 0.717) is 0 Å². The fraction of sp³-hybridized carbons (Fsp3) is 0.154. The average molecular weight is 320 g/mol. The number of allylic oxidation sites excluding steroid dienone is 2. The maximum Gasteiger partial charge on any atom is 0.331 e. The predicted octanol–water partition coefficient (Wildman–Crippen LogP) is -1.57. The van der Waals surface area contributed by atoms with Crippen LogP contribution in [0.1, 0.15) is 5.56 Å². The summed E-state index contributed by atoms with van der Waals surface area (Å²) in [6.07, 6.45) is 3.38. The van der Waals surface area contributed by atoms with Gasteiger partial charge in [0.15, 0.2) is 0 Å². The lowest BCUT2D eigenvalue weighted by Crippen LogP contribution is -2.52. The van der Waals surface area contributed by atoms with Crippen LogP contribution in [0.4, 0.5) is 4.79 Å². The molecule has 0 aliphatic carbocycles. The van der Waals surface area contributed by atoms with Crippen LogP contribution in [0.2, 0.25) is 0 Å². The highest BCUT2D eigenvalue weighted by Crippen LogP contribution is 2.12. The first-order valence-corrected chi connectivity index (χ1v) is 6.28. The number of rotatable bonds is 2. The molecule has 10 heteroatoms. The SMILES string of the molecule is CN1C(=O)NC(=O)C(=CC=Cc2c(O)n(C)c(=O)[nH]c2=O)C1=O. The zero-order chi connectivity index (χ0) is 17.3. The number of aromatic nitrogens is 2. The molecule has 0 spiro atoms. The van der Waals surface area contributed by atoms with Crippen molar-refractivity contribution in [3.05, 3.63) is 44.1 Å². The number of carbonyl (C=O) groups is 3. The van der Waals surface area contributed by atoms with Crippen LogP contribution in [0, 0.1) is 0 Å². The van der Waals surface area contributed by atoms with Crippen molar-refractivity contribution < 1.29 is 19.5 Å². The summed E-state index contributed by atoms with van der Waals surface area (Å²) in [7, 11) is 2.45. The van der Waals surface area contributed by atoms with Crippen molar-refractivity contribution in [2.45, 2.75) is 0 Å². The summed E-state index contributed by atoms with van der Waals surface area (Å²) in [5.41, 5.74) is -2.15. The van der Waals surface area contributed by atoms with Crippen LogP contribution in [0.3, 0.4) is 0 Å². The lowest BCUT2D eigenvalue weighted by atomic mass is 10.1. The minimum absolute atomic E-state index is 0.225. The van der Waals surface area contributed by atoms with E-state index >= 15 is 0 Å². The lowest BCUT2D eigenvalue weighted by molar-refractivity contribution is -0.129. The van der Waals surface area contributed by atoms with Crippen LogP contribution < -0.4 is 16.6 Å².